The van der Waals surface area contributed by atoms with Gasteiger partial charge in [-0.1, -0.05) is 0 Å². The highest BCUT2D eigenvalue weighted by atomic mass is 16.5. The maximum absolute atomic E-state index is 14.0. The monoisotopic (exact) mass is 653 g/mol. The van der Waals surface area contributed by atoms with Crippen LogP contribution in [0.25, 0.3) is 33.6 Å². The minimum absolute atomic E-state index is 0.0301. The van der Waals surface area contributed by atoms with E-state index in [1.54, 1.807) is 7.11 Å². The standard InChI is InChI=1S/C36H35N11O2/c1-49-29-11-24(36(48)46-19-23-6-7-27(46)31(23)39)9-26-32(29)47(18-21-15-44(16-21)34-25(12-37)14-41-30(13-38)43-34)35(42-26)28-10-22-3-2-8-40-33(22)45(28)17-20-4-5-20/h2-3,8-11,14,20-21,23,27,31H,4-7,15-19,39H2,1H3/t23?,27?,31-/m1/s1. The first-order valence-corrected chi connectivity index (χ1v) is 17.0. The van der Waals surface area contributed by atoms with Crippen molar-refractivity contribution < 1.29 is 9.53 Å². The number of imidazole rings is 1. The number of hydrogen-bond acceptors (Lipinski definition) is 10. The molecule has 1 aromatic carbocycles. The highest BCUT2D eigenvalue weighted by Crippen LogP contribution is 2.41. The normalized spacial score (nSPS) is 21.7. The molecule has 4 aliphatic rings. The second-order valence-electron chi connectivity index (χ2n) is 14.0. The van der Waals surface area contributed by atoms with Crippen LogP contribution in [0.15, 0.2) is 42.7 Å². The van der Waals surface area contributed by atoms with Crippen molar-refractivity contribution in [2.45, 2.75) is 50.9 Å². The van der Waals surface area contributed by atoms with E-state index in [0.717, 1.165) is 47.5 Å². The highest BCUT2D eigenvalue weighted by molar-refractivity contribution is 6.00. The Morgan fingerprint density at radius 2 is 1.84 bits per heavy atom. The number of fused-ring (bicyclic) bond motifs is 4. The van der Waals surface area contributed by atoms with Gasteiger partial charge in [-0.15, -0.1) is 0 Å². The zero-order valence-electron chi connectivity index (χ0n) is 27.2. The van der Waals surface area contributed by atoms with E-state index in [9.17, 15) is 15.3 Å². The molecule has 9 rings (SSSR count). The van der Waals surface area contributed by atoms with E-state index in [1.807, 2.05) is 40.3 Å². The van der Waals surface area contributed by atoms with Gasteiger partial charge in [0.15, 0.2) is 11.6 Å². The van der Waals surface area contributed by atoms with Crippen LogP contribution in [0.3, 0.4) is 0 Å². The number of pyridine rings is 1. The summed E-state index contributed by atoms with van der Waals surface area (Å²) in [7, 11) is 1.64. The number of nitrogens with two attached hydrogens (primary N) is 1. The molecule has 4 fully saturated rings. The first kappa shape index (κ1) is 29.6. The number of carbonyl (C=O) groups excluding carboxylic acids is 1. The van der Waals surface area contributed by atoms with E-state index in [-0.39, 0.29) is 29.7 Å². The lowest BCUT2D eigenvalue weighted by atomic mass is 9.99. The number of methoxy groups -OCH3 is 1. The third-order valence-electron chi connectivity index (χ3n) is 10.9. The number of amides is 1. The van der Waals surface area contributed by atoms with E-state index >= 15 is 0 Å². The van der Waals surface area contributed by atoms with Crippen molar-refractivity contribution in [2.75, 3.05) is 31.6 Å². The predicted molar refractivity (Wildman–Crippen MR) is 180 cm³/mol. The Bertz CT molecular complexity index is 2230. The Morgan fingerprint density at radius 1 is 1.00 bits per heavy atom. The van der Waals surface area contributed by atoms with Crippen LogP contribution in [0.2, 0.25) is 0 Å². The van der Waals surface area contributed by atoms with Crippen molar-refractivity contribution in [3.05, 3.63) is 59.7 Å². The van der Waals surface area contributed by atoms with Crippen molar-refractivity contribution in [2.24, 2.45) is 23.5 Å². The number of hydrogen-bond donors (Lipinski definition) is 1. The molecule has 246 valence electrons. The number of aromatic nitrogens is 6. The van der Waals surface area contributed by atoms with Gasteiger partial charge in [0.05, 0.1) is 24.5 Å². The van der Waals surface area contributed by atoms with Crippen LogP contribution in [0, 0.1) is 40.4 Å². The lowest BCUT2D eigenvalue weighted by molar-refractivity contribution is 0.0700. The molecule has 4 aromatic heterocycles. The third kappa shape index (κ3) is 4.79. The van der Waals surface area contributed by atoms with E-state index in [4.69, 9.17) is 20.4 Å². The summed E-state index contributed by atoms with van der Waals surface area (Å²) in [4.78, 5) is 36.3. The van der Waals surface area contributed by atoms with Crippen LogP contribution < -0.4 is 15.4 Å². The average molecular weight is 654 g/mol. The van der Waals surface area contributed by atoms with Gasteiger partial charge in [-0.2, -0.15) is 10.5 Å². The van der Waals surface area contributed by atoms with E-state index < -0.39 is 0 Å². The molecule has 2 aliphatic heterocycles. The van der Waals surface area contributed by atoms with Crippen LogP contribution in [0.1, 0.15) is 47.4 Å². The molecule has 6 heterocycles. The number of likely N-dealkylation sites (tertiary alicyclic amines) is 1. The van der Waals surface area contributed by atoms with Gasteiger partial charge in [0.2, 0.25) is 5.82 Å². The summed E-state index contributed by atoms with van der Waals surface area (Å²) in [6.45, 7) is 3.44. The van der Waals surface area contributed by atoms with Gasteiger partial charge in [0, 0.05) is 67.9 Å². The van der Waals surface area contributed by atoms with Gasteiger partial charge < -0.3 is 29.4 Å². The second-order valence-corrected chi connectivity index (χ2v) is 14.0. The van der Waals surface area contributed by atoms with Gasteiger partial charge >= 0.3 is 0 Å². The first-order valence-electron chi connectivity index (χ1n) is 17.0. The summed E-state index contributed by atoms with van der Waals surface area (Å²) < 4.78 is 10.5. The van der Waals surface area contributed by atoms with Crippen molar-refractivity contribution in [3.63, 3.8) is 0 Å². The fraction of sp³-hybridized carbons (Fsp3) is 0.417. The zero-order valence-corrected chi connectivity index (χ0v) is 27.2. The number of benzene rings is 1. The molecule has 2 bridgehead atoms. The number of ether oxygens (including phenoxy) is 1. The molecule has 2 N–H and O–H groups in total. The molecule has 2 aliphatic carbocycles. The molecule has 0 radical (unpaired) electrons. The summed E-state index contributed by atoms with van der Waals surface area (Å²) >= 11 is 0. The van der Waals surface area contributed by atoms with Crippen LogP contribution in [0.5, 0.6) is 5.75 Å². The lowest BCUT2D eigenvalue weighted by Gasteiger charge is -2.40. The minimum atomic E-state index is -0.0319. The molecular formula is C36H35N11O2. The minimum Gasteiger partial charge on any atom is -0.494 e. The molecule has 3 atom stereocenters. The number of nitrogens with zero attached hydrogens (tertiary/aromatic N) is 10. The Kier molecular flexibility index (Phi) is 6.81. The quantitative estimate of drug-likeness (QED) is 0.261. The highest BCUT2D eigenvalue weighted by Gasteiger charge is 2.47. The Morgan fingerprint density at radius 3 is 2.55 bits per heavy atom. The first-order chi connectivity index (χ1) is 23.9. The molecule has 13 heteroatoms. The number of anilines is 1. The number of rotatable bonds is 8. The predicted octanol–water partition coefficient (Wildman–Crippen LogP) is 3.70. The molecule has 49 heavy (non-hydrogen) atoms. The fourth-order valence-electron chi connectivity index (χ4n) is 8.21. The maximum atomic E-state index is 14.0. The average Bonchev–Trinajstić information content (AvgIpc) is 3.47. The summed E-state index contributed by atoms with van der Waals surface area (Å²) in [5.74, 6) is 3.02. The molecule has 5 aromatic rings. The second kappa shape index (κ2) is 11.3. The molecule has 2 unspecified atom stereocenters. The molecular weight excluding hydrogens is 618 g/mol. The topological polar surface area (TPSA) is 168 Å². The van der Waals surface area contributed by atoms with E-state index in [1.165, 1.54) is 19.0 Å². The SMILES string of the molecule is COc1cc(C(=O)N2CC3CCC2[C@@H]3N)cc2nc(-c3cc4cccnc4n3CC3CC3)n(CC3CN(c4nc(C#N)ncc4C#N)C3)c12. The summed E-state index contributed by atoms with van der Waals surface area (Å²) in [6, 6.07) is 14.2. The third-order valence-corrected chi connectivity index (χ3v) is 10.9. The molecule has 13 nitrogen and oxygen atoms in total. The van der Waals surface area contributed by atoms with Crippen LogP contribution in [0.4, 0.5) is 5.82 Å². The van der Waals surface area contributed by atoms with Crippen molar-refractivity contribution in [1.29, 1.82) is 10.5 Å². The maximum Gasteiger partial charge on any atom is 0.254 e. The Hall–Kier alpha value is -5.53. The summed E-state index contributed by atoms with van der Waals surface area (Å²) in [5, 5.41) is 20.1. The lowest BCUT2D eigenvalue weighted by Crippen LogP contribution is -2.49. The number of carbonyl (C=O) groups is 1. The van der Waals surface area contributed by atoms with Crippen molar-refractivity contribution in [1.82, 2.24) is 34.0 Å². The van der Waals surface area contributed by atoms with Gasteiger partial charge in [-0.05, 0) is 67.9 Å². The zero-order chi connectivity index (χ0) is 33.4. The summed E-state index contributed by atoms with van der Waals surface area (Å²) in [6.07, 6.45) is 7.65. The molecule has 2 saturated heterocycles. The number of nitriles is 2. The van der Waals surface area contributed by atoms with Gasteiger partial charge in [-0.25, -0.2) is 19.9 Å². The largest absolute Gasteiger partial charge is 0.494 e. The van der Waals surface area contributed by atoms with Crippen LogP contribution in [-0.4, -0.2) is 78.7 Å². The molecule has 0 spiro atoms. The molecule has 1 amide bonds. The van der Waals surface area contributed by atoms with Gasteiger partial charge in [0.25, 0.3) is 5.91 Å². The smallest absolute Gasteiger partial charge is 0.254 e. The van der Waals surface area contributed by atoms with Gasteiger partial charge in [-0.3, -0.25) is 4.79 Å². The Labute approximate surface area is 282 Å². The van der Waals surface area contributed by atoms with Crippen molar-refractivity contribution in [3.8, 4) is 29.4 Å². The van der Waals surface area contributed by atoms with Crippen LogP contribution >= 0.6 is 0 Å². The molecule has 2 saturated carbocycles. The van der Waals surface area contributed by atoms with Gasteiger partial charge in [0.1, 0.15) is 34.6 Å². The van der Waals surface area contributed by atoms with E-state index in [2.05, 4.69) is 37.3 Å². The summed E-state index contributed by atoms with van der Waals surface area (Å²) in [5.41, 5.74) is 10.8. The fourth-order valence-corrected chi connectivity index (χ4v) is 8.21. The Balaban J connectivity index is 1.13. The van der Waals surface area contributed by atoms with Crippen molar-refractivity contribution >= 4 is 33.8 Å². The van der Waals surface area contributed by atoms with Crippen LogP contribution in [-0.2, 0) is 13.1 Å². The van der Waals surface area contributed by atoms with E-state index in [0.29, 0.717) is 66.2 Å². The number of piperidine rings is 1.